The molecule has 1 atom stereocenters. The number of pyridine rings is 1. The van der Waals surface area contributed by atoms with Gasteiger partial charge in [-0.3, -0.25) is 4.79 Å². The molecule has 4 aromatic rings. The highest BCUT2D eigenvalue weighted by Crippen LogP contribution is 2.41. The molecule has 32 heavy (non-hydrogen) atoms. The van der Waals surface area contributed by atoms with Crippen LogP contribution in [0.4, 0.5) is 15.2 Å². The number of hydrogen-bond donors (Lipinski definition) is 2. The van der Waals surface area contributed by atoms with Crippen molar-refractivity contribution in [1.29, 1.82) is 0 Å². The van der Waals surface area contributed by atoms with Gasteiger partial charge in [-0.05, 0) is 73.9 Å². The van der Waals surface area contributed by atoms with E-state index in [0.29, 0.717) is 11.4 Å². The zero-order chi connectivity index (χ0) is 22.7. The molecular formula is C26H24FN3OS. The second-order valence-corrected chi connectivity index (χ2v) is 8.92. The first kappa shape index (κ1) is 21.7. The smallest absolute Gasteiger partial charge is 0.256 e. The van der Waals surface area contributed by atoms with Crippen molar-refractivity contribution >= 4 is 28.1 Å². The molecule has 2 heterocycles. The average Bonchev–Trinajstić information content (AvgIpc) is 3.06. The Morgan fingerprint density at radius 1 is 1.00 bits per heavy atom. The topological polar surface area (TPSA) is 54.0 Å². The fraction of sp³-hybridized carbons (Fsp3) is 0.154. The van der Waals surface area contributed by atoms with Crippen LogP contribution in [0.3, 0.4) is 0 Å². The summed E-state index contributed by atoms with van der Waals surface area (Å²) in [6.45, 7) is 6.08. The highest BCUT2D eigenvalue weighted by Gasteiger charge is 2.25. The molecule has 4 nitrogen and oxygen atoms in total. The lowest BCUT2D eigenvalue weighted by Gasteiger charge is -2.22. The summed E-state index contributed by atoms with van der Waals surface area (Å²) in [5.41, 5.74) is 4.58. The standard InChI is InChI=1S/C26H24FN3OS/c1-16-13-14-28-22(15-16)29-24(19-9-11-21(27)12-10-19)23-17(2)18(3)32-26(23)30-25(31)20-7-5-4-6-8-20/h4-15,24H,1-3H3,(H,28,29)(H,30,31). The SMILES string of the molecule is Cc1ccnc(NC(c2ccc(F)cc2)c2c(NC(=O)c3ccccc3)sc(C)c2C)c1. The predicted octanol–water partition coefficient (Wildman–Crippen LogP) is 6.66. The van der Waals surface area contributed by atoms with Crippen LogP contribution in [0, 0.1) is 26.6 Å². The first-order valence-electron chi connectivity index (χ1n) is 10.3. The quantitative estimate of drug-likeness (QED) is 0.349. The average molecular weight is 446 g/mol. The van der Waals surface area contributed by atoms with Crippen molar-refractivity contribution in [3.63, 3.8) is 0 Å². The van der Waals surface area contributed by atoms with E-state index in [2.05, 4.69) is 15.6 Å². The molecule has 0 bridgehead atoms. The van der Waals surface area contributed by atoms with Gasteiger partial charge in [-0.1, -0.05) is 30.3 Å². The van der Waals surface area contributed by atoms with E-state index in [1.165, 1.54) is 23.5 Å². The van der Waals surface area contributed by atoms with E-state index < -0.39 is 0 Å². The lowest BCUT2D eigenvalue weighted by atomic mass is 9.96. The lowest BCUT2D eigenvalue weighted by molar-refractivity contribution is 0.102. The van der Waals surface area contributed by atoms with Gasteiger partial charge in [-0.25, -0.2) is 9.37 Å². The van der Waals surface area contributed by atoms with E-state index in [-0.39, 0.29) is 17.8 Å². The molecule has 4 rings (SSSR count). The molecule has 0 aliphatic carbocycles. The summed E-state index contributed by atoms with van der Waals surface area (Å²) in [7, 11) is 0. The van der Waals surface area contributed by atoms with Crippen LogP contribution in [0.1, 0.15) is 43.5 Å². The third-order valence-electron chi connectivity index (χ3n) is 5.39. The largest absolute Gasteiger partial charge is 0.359 e. The molecule has 2 aromatic heterocycles. The first-order valence-corrected chi connectivity index (χ1v) is 11.1. The molecule has 0 fully saturated rings. The minimum absolute atomic E-state index is 0.167. The zero-order valence-electron chi connectivity index (χ0n) is 18.1. The molecule has 1 unspecified atom stereocenters. The summed E-state index contributed by atoms with van der Waals surface area (Å²) < 4.78 is 13.7. The van der Waals surface area contributed by atoms with Crippen LogP contribution in [0.25, 0.3) is 0 Å². The second kappa shape index (κ2) is 9.32. The van der Waals surface area contributed by atoms with Crippen molar-refractivity contribution in [1.82, 2.24) is 4.98 Å². The molecule has 0 saturated heterocycles. The Morgan fingerprint density at radius 3 is 2.41 bits per heavy atom. The van der Waals surface area contributed by atoms with E-state index in [1.807, 2.05) is 51.1 Å². The van der Waals surface area contributed by atoms with Crippen LogP contribution in [-0.2, 0) is 0 Å². The first-order chi connectivity index (χ1) is 15.4. The Balaban J connectivity index is 1.78. The number of aryl methyl sites for hydroxylation is 2. The molecule has 0 aliphatic rings. The van der Waals surface area contributed by atoms with Crippen LogP contribution in [0.15, 0.2) is 72.9 Å². The molecular weight excluding hydrogens is 421 g/mol. The Bertz CT molecular complexity index is 1240. The monoisotopic (exact) mass is 445 g/mol. The van der Waals surface area contributed by atoms with Gasteiger partial charge in [0.25, 0.3) is 5.91 Å². The summed E-state index contributed by atoms with van der Waals surface area (Å²) in [5.74, 6) is 0.250. The van der Waals surface area contributed by atoms with Crippen LogP contribution < -0.4 is 10.6 Å². The number of halogens is 1. The molecule has 2 aromatic carbocycles. The van der Waals surface area contributed by atoms with Gasteiger partial charge in [-0.2, -0.15) is 0 Å². The predicted molar refractivity (Wildman–Crippen MR) is 129 cm³/mol. The number of aromatic nitrogens is 1. The van der Waals surface area contributed by atoms with Gasteiger partial charge in [0.1, 0.15) is 16.6 Å². The van der Waals surface area contributed by atoms with Crippen molar-refractivity contribution in [2.24, 2.45) is 0 Å². The second-order valence-electron chi connectivity index (χ2n) is 7.69. The summed E-state index contributed by atoms with van der Waals surface area (Å²) in [6, 6.07) is 19.1. The van der Waals surface area contributed by atoms with E-state index in [4.69, 9.17) is 0 Å². The van der Waals surface area contributed by atoms with Crippen LogP contribution >= 0.6 is 11.3 Å². The van der Waals surface area contributed by atoms with Crippen LogP contribution in [0.5, 0.6) is 0 Å². The van der Waals surface area contributed by atoms with Gasteiger partial charge in [0.05, 0.1) is 6.04 Å². The number of nitrogens with one attached hydrogen (secondary N) is 2. The molecule has 2 N–H and O–H groups in total. The molecule has 0 radical (unpaired) electrons. The minimum atomic E-state index is -0.319. The highest BCUT2D eigenvalue weighted by molar-refractivity contribution is 7.16. The molecule has 6 heteroatoms. The van der Waals surface area contributed by atoms with Gasteiger partial charge < -0.3 is 10.6 Å². The number of carbonyl (C=O) groups excluding carboxylic acids is 1. The zero-order valence-corrected chi connectivity index (χ0v) is 19.0. The van der Waals surface area contributed by atoms with E-state index >= 15 is 0 Å². The van der Waals surface area contributed by atoms with Gasteiger partial charge in [0, 0.05) is 22.2 Å². The minimum Gasteiger partial charge on any atom is -0.359 e. The number of hydrogen-bond acceptors (Lipinski definition) is 4. The maximum Gasteiger partial charge on any atom is 0.256 e. The van der Waals surface area contributed by atoms with Gasteiger partial charge >= 0.3 is 0 Å². The Hall–Kier alpha value is -3.51. The Labute approximate surface area is 191 Å². The number of nitrogens with zero attached hydrogens (tertiary/aromatic N) is 1. The van der Waals surface area contributed by atoms with Crippen LogP contribution in [-0.4, -0.2) is 10.9 Å². The molecule has 0 saturated carbocycles. The third kappa shape index (κ3) is 4.70. The maximum atomic E-state index is 13.7. The third-order valence-corrected chi connectivity index (χ3v) is 6.53. The number of rotatable bonds is 6. The van der Waals surface area contributed by atoms with Crippen molar-refractivity contribution < 1.29 is 9.18 Å². The number of amides is 1. The van der Waals surface area contributed by atoms with Crippen LogP contribution in [0.2, 0.25) is 0 Å². The Morgan fingerprint density at radius 2 is 1.72 bits per heavy atom. The number of carbonyl (C=O) groups is 1. The van der Waals surface area contributed by atoms with Crippen molar-refractivity contribution in [2.45, 2.75) is 26.8 Å². The van der Waals surface area contributed by atoms with Gasteiger partial charge in [0.15, 0.2) is 0 Å². The number of thiophene rings is 1. The highest BCUT2D eigenvalue weighted by atomic mass is 32.1. The number of benzene rings is 2. The Kier molecular flexibility index (Phi) is 6.32. The van der Waals surface area contributed by atoms with E-state index in [9.17, 15) is 9.18 Å². The molecule has 0 aliphatic heterocycles. The van der Waals surface area contributed by atoms with Gasteiger partial charge in [-0.15, -0.1) is 11.3 Å². The fourth-order valence-electron chi connectivity index (χ4n) is 3.59. The maximum absolute atomic E-state index is 13.7. The summed E-state index contributed by atoms with van der Waals surface area (Å²) in [6.07, 6.45) is 1.75. The van der Waals surface area contributed by atoms with Crippen molar-refractivity contribution in [2.75, 3.05) is 10.6 Å². The number of anilines is 2. The summed E-state index contributed by atoms with van der Waals surface area (Å²) in [4.78, 5) is 18.5. The van der Waals surface area contributed by atoms with E-state index in [1.54, 1.807) is 30.5 Å². The van der Waals surface area contributed by atoms with Gasteiger partial charge in [0.2, 0.25) is 0 Å². The molecule has 0 spiro atoms. The molecule has 162 valence electrons. The summed E-state index contributed by atoms with van der Waals surface area (Å²) >= 11 is 1.54. The fourth-order valence-corrected chi connectivity index (χ4v) is 4.68. The molecule has 1 amide bonds. The normalized spacial score (nSPS) is 11.8. The lowest BCUT2D eigenvalue weighted by Crippen LogP contribution is -2.18. The van der Waals surface area contributed by atoms with E-state index in [0.717, 1.165) is 32.1 Å². The summed E-state index contributed by atoms with van der Waals surface area (Å²) in [5, 5.41) is 7.36. The van der Waals surface area contributed by atoms with Crippen molar-refractivity contribution in [3.8, 4) is 0 Å². The van der Waals surface area contributed by atoms with Crippen molar-refractivity contribution in [3.05, 3.63) is 111 Å².